The van der Waals surface area contributed by atoms with E-state index in [-0.39, 0.29) is 0 Å². The SMILES string of the molecule is Cn1cc(S(=O)(=O)Nc2ccccc2)cc1CNC1CC1. The van der Waals surface area contributed by atoms with Crippen LogP contribution in [-0.2, 0) is 23.6 Å². The maximum absolute atomic E-state index is 12.4. The molecular formula is C15H19N3O2S. The Morgan fingerprint density at radius 2 is 1.95 bits per heavy atom. The fourth-order valence-corrected chi connectivity index (χ4v) is 3.31. The maximum atomic E-state index is 12.4. The zero-order chi connectivity index (χ0) is 14.9. The monoisotopic (exact) mass is 305 g/mol. The molecule has 1 heterocycles. The van der Waals surface area contributed by atoms with Gasteiger partial charge in [0.15, 0.2) is 0 Å². The number of aryl methyl sites for hydroxylation is 1. The molecule has 1 aliphatic carbocycles. The van der Waals surface area contributed by atoms with Gasteiger partial charge >= 0.3 is 0 Å². The molecule has 112 valence electrons. The number of rotatable bonds is 6. The molecule has 0 saturated heterocycles. The number of hydrogen-bond donors (Lipinski definition) is 2. The van der Waals surface area contributed by atoms with Crippen molar-refractivity contribution in [3.8, 4) is 0 Å². The molecule has 0 amide bonds. The van der Waals surface area contributed by atoms with E-state index in [1.54, 1.807) is 36.5 Å². The fourth-order valence-electron chi connectivity index (χ4n) is 2.16. The Bertz CT molecular complexity index is 719. The predicted molar refractivity (Wildman–Crippen MR) is 82.5 cm³/mol. The van der Waals surface area contributed by atoms with Crippen LogP contribution in [0.15, 0.2) is 47.5 Å². The summed E-state index contributed by atoms with van der Waals surface area (Å²) in [6.07, 6.45) is 4.07. The molecular weight excluding hydrogens is 286 g/mol. The second kappa shape index (κ2) is 5.54. The van der Waals surface area contributed by atoms with Gasteiger partial charge in [-0.1, -0.05) is 18.2 Å². The van der Waals surface area contributed by atoms with Crippen LogP contribution in [0.4, 0.5) is 5.69 Å². The third kappa shape index (κ3) is 3.46. The predicted octanol–water partition coefficient (Wildman–Crippen LogP) is 2.08. The minimum absolute atomic E-state index is 0.293. The summed E-state index contributed by atoms with van der Waals surface area (Å²) in [5.41, 5.74) is 1.54. The molecule has 1 aliphatic rings. The van der Waals surface area contributed by atoms with Crippen LogP contribution in [0.25, 0.3) is 0 Å². The molecule has 1 fully saturated rings. The molecule has 0 bridgehead atoms. The molecule has 1 aromatic heterocycles. The summed E-state index contributed by atoms with van der Waals surface area (Å²) in [5.74, 6) is 0. The second-order valence-corrected chi connectivity index (χ2v) is 7.09. The molecule has 6 heteroatoms. The van der Waals surface area contributed by atoms with Crippen LogP contribution < -0.4 is 10.0 Å². The van der Waals surface area contributed by atoms with E-state index >= 15 is 0 Å². The topological polar surface area (TPSA) is 63.1 Å². The first-order valence-corrected chi connectivity index (χ1v) is 8.49. The lowest BCUT2D eigenvalue weighted by Crippen LogP contribution is -2.17. The summed E-state index contributed by atoms with van der Waals surface area (Å²) >= 11 is 0. The van der Waals surface area contributed by atoms with Crippen molar-refractivity contribution in [1.82, 2.24) is 9.88 Å². The standard InChI is InChI=1S/C15H19N3O2S/c1-18-11-15(9-14(18)10-16-12-7-8-12)21(19,20)17-13-5-3-2-4-6-13/h2-6,9,11-12,16-17H,7-8,10H2,1H3. The van der Waals surface area contributed by atoms with E-state index in [4.69, 9.17) is 0 Å². The van der Waals surface area contributed by atoms with Gasteiger partial charge in [0.2, 0.25) is 0 Å². The number of benzene rings is 1. The summed E-state index contributed by atoms with van der Waals surface area (Å²) in [4.78, 5) is 0.293. The van der Waals surface area contributed by atoms with Gasteiger partial charge in [0.1, 0.15) is 4.90 Å². The Morgan fingerprint density at radius 1 is 1.24 bits per heavy atom. The fraction of sp³-hybridized carbons (Fsp3) is 0.333. The van der Waals surface area contributed by atoms with Gasteiger partial charge in [-0.3, -0.25) is 4.72 Å². The number of hydrogen-bond acceptors (Lipinski definition) is 3. The number of nitrogens with zero attached hydrogens (tertiary/aromatic N) is 1. The zero-order valence-electron chi connectivity index (χ0n) is 11.9. The van der Waals surface area contributed by atoms with Crippen LogP contribution in [0.1, 0.15) is 18.5 Å². The molecule has 2 N–H and O–H groups in total. The van der Waals surface area contributed by atoms with Crippen LogP contribution >= 0.6 is 0 Å². The Labute approximate surface area is 125 Å². The molecule has 1 saturated carbocycles. The van der Waals surface area contributed by atoms with E-state index < -0.39 is 10.0 Å². The van der Waals surface area contributed by atoms with Crippen LogP contribution in [0.3, 0.4) is 0 Å². The third-order valence-corrected chi connectivity index (χ3v) is 4.92. The van der Waals surface area contributed by atoms with Crippen molar-refractivity contribution in [2.45, 2.75) is 30.3 Å². The van der Waals surface area contributed by atoms with Crippen molar-refractivity contribution in [2.75, 3.05) is 4.72 Å². The highest BCUT2D eigenvalue weighted by Gasteiger charge is 2.22. The van der Waals surface area contributed by atoms with E-state index in [2.05, 4.69) is 10.0 Å². The average molecular weight is 305 g/mol. The van der Waals surface area contributed by atoms with Gasteiger partial charge in [-0.05, 0) is 31.0 Å². The van der Waals surface area contributed by atoms with Crippen LogP contribution in [0, 0.1) is 0 Å². The number of nitrogens with one attached hydrogen (secondary N) is 2. The van der Waals surface area contributed by atoms with Crippen molar-refractivity contribution in [3.05, 3.63) is 48.3 Å². The summed E-state index contributed by atoms with van der Waals surface area (Å²) in [6, 6.07) is 11.2. The van der Waals surface area contributed by atoms with Gasteiger partial charge in [-0.25, -0.2) is 8.42 Å². The van der Waals surface area contributed by atoms with Gasteiger partial charge in [0.25, 0.3) is 10.0 Å². The van der Waals surface area contributed by atoms with Gasteiger partial charge < -0.3 is 9.88 Å². The quantitative estimate of drug-likeness (QED) is 0.859. The first-order chi connectivity index (χ1) is 10.0. The first kappa shape index (κ1) is 14.2. The normalized spacial score (nSPS) is 15.1. The van der Waals surface area contributed by atoms with Crippen LogP contribution in [-0.4, -0.2) is 19.0 Å². The Kier molecular flexibility index (Phi) is 3.73. The van der Waals surface area contributed by atoms with Gasteiger partial charge in [-0.15, -0.1) is 0 Å². The molecule has 0 atom stereocenters. The Hall–Kier alpha value is -1.79. The average Bonchev–Trinajstić information content (AvgIpc) is 3.20. The van der Waals surface area contributed by atoms with E-state index in [1.165, 1.54) is 12.8 Å². The number of aromatic nitrogens is 1. The number of para-hydroxylation sites is 1. The molecule has 0 aliphatic heterocycles. The molecule has 0 spiro atoms. The minimum atomic E-state index is -3.54. The van der Waals surface area contributed by atoms with E-state index in [1.807, 2.05) is 17.7 Å². The Balaban J connectivity index is 1.76. The smallest absolute Gasteiger partial charge is 0.263 e. The van der Waals surface area contributed by atoms with E-state index in [0.29, 0.717) is 23.2 Å². The molecule has 2 aromatic rings. The highest BCUT2D eigenvalue weighted by molar-refractivity contribution is 7.92. The summed E-state index contributed by atoms with van der Waals surface area (Å²) in [6.45, 7) is 0.696. The van der Waals surface area contributed by atoms with E-state index in [9.17, 15) is 8.42 Å². The largest absolute Gasteiger partial charge is 0.352 e. The van der Waals surface area contributed by atoms with Crippen molar-refractivity contribution < 1.29 is 8.42 Å². The number of sulfonamides is 1. The second-order valence-electron chi connectivity index (χ2n) is 5.40. The summed E-state index contributed by atoms with van der Waals surface area (Å²) in [7, 11) is -1.67. The molecule has 3 rings (SSSR count). The first-order valence-electron chi connectivity index (χ1n) is 7.01. The highest BCUT2D eigenvalue weighted by atomic mass is 32.2. The van der Waals surface area contributed by atoms with Crippen molar-refractivity contribution in [2.24, 2.45) is 7.05 Å². The lowest BCUT2D eigenvalue weighted by molar-refractivity contribution is 0.601. The third-order valence-electron chi connectivity index (χ3n) is 3.57. The minimum Gasteiger partial charge on any atom is -0.352 e. The van der Waals surface area contributed by atoms with Crippen molar-refractivity contribution in [1.29, 1.82) is 0 Å². The van der Waals surface area contributed by atoms with Crippen LogP contribution in [0.2, 0.25) is 0 Å². The zero-order valence-corrected chi connectivity index (χ0v) is 12.7. The highest BCUT2D eigenvalue weighted by Crippen LogP contribution is 2.21. The number of anilines is 1. The molecule has 1 aromatic carbocycles. The molecule has 5 nitrogen and oxygen atoms in total. The van der Waals surface area contributed by atoms with Crippen molar-refractivity contribution >= 4 is 15.7 Å². The van der Waals surface area contributed by atoms with Gasteiger partial charge in [0, 0.05) is 37.2 Å². The van der Waals surface area contributed by atoms with Crippen molar-refractivity contribution in [3.63, 3.8) is 0 Å². The maximum Gasteiger partial charge on any atom is 0.263 e. The summed E-state index contributed by atoms with van der Waals surface area (Å²) in [5, 5.41) is 3.39. The van der Waals surface area contributed by atoms with E-state index in [0.717, 1.165) is 5.69 Å². The molecule has 21 heavy (non-hydrogen) atoms. The van der Waals surface area contributed by atoms with Crippen LogP contribution in [0.5, 0.6) is 0 Å². The van der Waals surface area contributed by atoms with Gasteiger partial charge in [-0.2, -0.15) is 0 Å². The summed E-state index contributed by atoms with van der Waals surface area (Å²) < 4.78 is 29.2. The lowest BCUT2D eigenvalue weighted by atomic mass is 10.3. The lowest BCUT2D eigenvalue weighted by Gasteiger charge is -2.05. The molecule has 0 radical (unpaired) electrons. The molecule has 0 unspecified atom stereocenters. The van der Waals surface area contributed by atoms with Gasteiger partial charge in [0.05, 0.1) is 0 Å². The Morgan fingerprint density at radius 3 is 2.62 bits per heavy atom.